The molecule has 0 aliphatic carbocycles. The average Bonchev–Trinajstić information content (AvgIpc) is 2.76. The first-order valence-electron chi connectivity index (χ1n) is 5.76. The lowest BCUT2D eigenvalue weighted by atomic mass is 10.3. The standard InChI is InChI=1S/C10H16F3N3O3/c1-3-18-9(19-4-2)7-5-16(15-14-7)6-8(17)10(11,12)13/h5,8-9,17H,3-4,6H2,1-2H3. The number of rotatable bonds is 7. The van der Waals surface area contributed by atoms with E-state index in [0.717, 1.165) is 4.68 Å². The number of hydrogen-bond donors (Lipinski definition) is 1. The van der Waals surface area contributed by atoms with Crippen LogP contribution in [0.15, 0.2) is 6.20 Å². The number of aliphatic hydroxyl groups excluding tert-OH is 1. The van der Waals surface area contributed by atoms with Crippen molar-refractivity contribution in [2.45, 2.75) is 39.0 Å². The van der Waals surface area contributed by atoms with Gasteiger partial charge >= 0.3 is 6.18 Å². The summed E-state index contributed by atoms with van der Waals surface area (Å²) in [6.07, 6.45) is -6.69. The van der Waals surface area contributed by atoms with Gasteiger partial charge in [0.15, 0.2) is 6.10 Å². The van der Waals surface area contributed by atoms with Gasteiger partial charge in [-0.2, -0.15) is 13.2 Å². The van der Waals surface area contributed by atoms with Crippen molar-refractivity contribution in [2.24, 2.45) is 0 Å². The maximum absolute atomic E-state index is 12.2. The first-order chi connectivity index (χ1) is 8.88. The topological polar surface area (TPSA) is 69.4 Å². The molecule has 1 unspecified atom stereocenters. The highest BCUT2D eigenvalue weighted by Gasteiger charge is 2.38. The van der Waals surface area contributed by atoms with Crippen molar-refractivity contribution >= 4 is 0 Å². The van der Waals surface area contributed by atoms with Gasteiger partial charge in [0.05, 0.1) is 12.7 Å². The summed E-state index contributed by atoms with van der Waals surface area (Å²) in [6.45, 7) is 3.51. The second-order valence-corrected chi connectivity index (χ2v) is 3.67. The highest BCUT2D eigenvalue weighted by molar-refractivity contribution is 4.94. The van der Waals surface area contributed by atoms with E-state index in [-0.39, 0.29) is 5.69 Å². The van der Waals surface area contributed by atoms with Crippen LogP contribution in [0.4, 0.5) is 13.2 Å². The largest absolute Gasteiger partial charge is 0.416 e. The first-order valence-corrected chi connectivity index (χ1v) is 5.76. The number of nitrogens with zero attached hydrogens (tertiary/aromatic N) is 3. The fraction of sp³-hybridized carbons (Fsp3) is 0.800. The summed E-state index contributed by atoms with van der Waals surface area (Å²) in [7, 11) is 0. The molecule has 1 aromatic rings. The molecule has 0 radical (unpaired) electrons. The van der Waals surface area contributed by atoms with E-state index in [1.54, 1.807) is 13.8 Å². The molecule has 19 heavy (non-hydrogen) atoms. The lowest BCUT2D eigenvalue weighted by Crippen LogP contribution is -2.33. The van der Waals surface area contributed by atoms with Gasteiger partial charge < -0.3 is 14.6 Å². The van der Waals surface area contributed by atoms with Gasteiger partial charge in [0.1, 0.15) is 5.69 Å². The Labute approximate surface area is 108 Å². The zero-order chi connectivity index (χ0) is 14.5. The van der Waals surface area contributed by atoms with Crippen LogP contribution in [0.25, 0.3) is 0 Å². The molecule has 9 heteroatoms. The second-order valence-electron chi connectivity index (χ2n) is 3.67. The van der Waals surface area contributed by atoms with Gasteiger partial charge in [-0.1, -0.05) is 5.21 Å². The van der Waals surface area contributed by atoms with E-state index in [0.29, 0.717) is 13.2 Å². The maximum Gasteiger partial charge on any atom is 0.416 e. The fourth-order valence-corrected chi connectivity index (χ4v) is 1.31. The van der Waals surface area contributed by atoms with Crippen LogP contribution in [0.1, 0.15) is 25.8 Å². The summed E-state index contributed by atoms with van der Waals surface area (Å²) >= 11 is 0. The Morgan fingerprint density at radius 2 is 1.89 bits per heavy atom. The average molecular weight is 283 g/mol. The van der Waals surface area contributed by atoms with E-state index in [2.05, 4.69) is 10.3 Å². The number of hydrogen-bond acceptors (Lipinski definition) is 5. The molecule has 0 aliphatic rings. The smallest absolute Gasteiger partial charge is 0.382 e. The van der Waals surface area contributed by atoms with Gasteiger partial charge in [-0.15, -0.1) is 5.10 Å². The Hall–Kier alpha value is -1.19. The van der Waals surface area contributed by atoms with E-state index in [1.807, 2.05) is 0 Å². The van der Waals surface area contributed by atoms with Gasteiger partial charge in [0.2, 0.25) is 6.29 Å². The monoisotopic (exact) mass is 283 g/mol. The van der Waals surface area contributed by atoms with Gasteiger partial charge in [-0.05, 0) is 13.8 Å². The first kappa shape index (κ1) is 15.9. The number of halogens is 3. The van der Waals surface area contributed by atoms with Gasteiger partial charge in [0.25, 0.3) is 0 Å². The molecule has 0 saturated heterocycles. The van der Waals surface area contributed by atoms with Crippen LogP contribution in [0.5, 0.6) is 0 Å². The molecule has 110 valence electrons. The second kappa shape index (κ2) is 6.83. The van der Waals surface area contributed by atoms with Crippen LogP contribution in [0.3, 0.4) is 0 Å². The number of aliphatic hydroxyl groups is 1. The lowest BCUT2D eigenvalue weighted by Gasteiger charge is -2.14. The quantitative estimate of drug-likeness (QED) is 0.763. The molecule has 0 amide bonds. The molecular formula is C10H16F3N3O3. The van der Waals surface area contributed by atoms with Crippen molar-refractivity contribution in [2.75, 3.05) is 13.2 Å². The third-order valence-electron chi connectivity index (χ3n) is 2.17. The van der Waals surface area contributed by atoms with Crippen LogP contribution in [0, 0.1) is 0 Å². The molecule has 6 nitrogen and oxygen atoms in total. The molecule has 1 heterocycles. The van der Waals surface area contributed by atoms with Crippen LogP contribution < -0.4 is 0 Å². The zero-order valence-corrected chi connectivity index (χ0v) is 10.6. The normalized spacial score (nSPS) is 14.1. The van der Waals surface area contributed by atoms with Gasteiger partial charge in [-0.25, -0.2) is 4.68 Å². The summed E-state index contributed by atoms with van der Waals surface area (Å²) in [4.78, 5) is 0. The highest BCUT2D eigenvalue weighted by Crippen LogP contribution is 2.21. The zero-order valence-electron chi connectivity index (χ0n) is 10.6. The molecule has 0 spiro atoms. The Morgan fingerprint density at radius 1 is 1.32 bits per heavy atom. The van der Waals surface area contributed by atoms with Crippen molar-refractivity contribution in [1.82, 2.24) is 15.0 Å². The predicted molar refractivity (Wildman–Crippen MR) is 58.1 cm³/mol. The lowest BCUT2D eigenvalue weighted by molar-refractivity contribution is -0.208. The Kier molecular flexibility index (Phi) is 5.70. The third kappa shape index (κ3) is 4.77. The third-order valence-corrected chi connectivity index (χ3v) is 2.17. The van der Waals surface area contributed by atoms with E-state index < -0.39 is 25.1 Å². The Balaban J connectivity index is 2.70. The summed E-state index contributed by atoms with van der Waals surface area (Å²) in [6, 6.07) is 0. The van der Waals surface area contributed by atoms with E-state index in [1.165, 1.54) is 6.20 Å². The molecule has 0 bridgehead atoms. The van der Waals surface area contributed by atoms with Crippen molar-refractivity contribution in [3.63, 3.8) is 0 Å². The van der Waals surface area contributed by atoms with Gasteiger partial charge in [-0.3, -0.25) is 0 Å². The number of aromatic nitrogens is 3. The summed E-state index contributed by atoms with van der Waals surface area (Å²) in [5.41, 5.74) is 0.262. The van der Waals surface area contributed by atoms with Crippen molar-refractivity contribution in [3.8, 4) is 0 Å². The molecule has 1 N–H and O–H groups in total. The maximum atomic E-state index is 12.2. The summed E-state index contributed by atoms with van der Waals surface area (Å²) < 4.78 is 47.9. The molecule has 0 aliphatic heterocycles. The minimum Gasteiger partial charge on any atom is -0.382 e. The molecule has 0 saturated carbocycles. The molecule has 1 aromatic heterocycles. The Morgan fingerprint density at radius 3 is 2.37 bits per heavy atom. The van der Waals surface area contributed by atoms with Crippen molar-refractivity contribution in [1.29, 1.82) is 0 Å². The van der Waals surface area contributed by atoms with Crippen molar-refractivity contribution < 1.29 is 27.8 Å². The molecule has 0 fully saturated rings. The van der Waals surface area contributed by atoms with Crippen LogP contribution in [-0.2, 0) is 16.0 Å². The van der Waals surface area contributed by atoms with Gasteiger partial charge in [0, 0.05) is 13.2 Å². The predicted octanol–water partition coefficient (Wildman–Crippen LogP) is 1.27. The fourth-order valence-electron chi connectivity index (χ4n) is 1.31. The van der Waals surface area contributed by atoms with Crippen molar-refractivity contribution in [3.05, 3.63) is 11.9 Å². The molecule has 0 aromatic carbocycles. The Bertz CT molecular complexity index is 378. The van der Waals surface area contributed by atoms with E-state index in [9.17, 15) is 13.2 Å². The van der Waals surface area contributed by atoms with E-state index in [4.69, 9.17) is 14.6 Å². The summed E-state index contributed by atoms with van der Waals surface area (Å²) in [5, 5.41) is 16.1. The molecule has 1 atom stereocenters. The molecular weight excluding hydrogens is 267 g/mol. The van der Waals surface area contributed by atoms with Crippen LogP contribution in [-0.4, -0.2) is 45.6 Å². The molecule has 1 rings (SSSR count). The van der Waals surface area contributed by atoms with E-state index >= 15 is 0 Å². The number of alkyl halides is 3. The van der Waals surface area contributed by atoms with Crippen LogP contribution >= 0.6 is 0 Å². The summed E-state index contributed by atoms with van der Waals surface area (Å²) in [5.74, 6) is 0. The SMILES string of the molecule is CCOC(OCC)c1cn(CC(O)C(F)(F)F)nn1. The highest BCUT2D eigenvalue weighted by atomic mass is 19.4. The van der Waals surface area contributed by atoms with Crippen LogP contribution in [0.2, 0.25) is 0 Å². The minimum atomic E-state index is -4.69. The minimum absolute atomic E-state index is 0.262. The number of ether oxygens (including phenoxy) is 2.